The Kier molecular flexibility index (Phi) is 2.81. The van der Waals surface area contributed by atoms with Crippen LogP contribution in [0.3, 0.4) is 0 Å². The summed E-state index contributed by atoms with van der Waals surface area (Å²) in [5.74, 6) is -0.269. The van der Waals surface area contributed by atoms with Crippen LogP contribution in [0, 0.1) is 24.1 Å². The molecule has 0 aromatic heterocycles. The fraction of sp³-hybridized carbons (Fsp3) is 0.182. The van der Waals surface area contributed by atoms with E-state index in [-0.39, 0.29) is 5.82 Å². The number of aryl methyl sites for hydroxylation is 1. The molecule has 1 nitrogen and oxygen atoms in total. The molecule has 0 amide bonds. The molecule has 0 saturated heterocycles. The average molecular weight is 175 g/mol. The maximum atomic E-state index is 12.7. The molecule has 0 aliphatic heterocycles. The van der Waals surface area contributed by atoms with E-state index >= 15 is 0 Å². The monoisotopic (exact) mass is 175 g/mol. The van der Waals surface area contributed by atoms with Gasteiger partial charge in [0.25, 0.3) is 0 Å². The molecule has 1 rings (SSSR count). The van der Waals surface area contributed by atoms with Gasteiger partial charge in [-0.3, -0.25) is 0 Å². The highest BCUT2D eigenvalue weighted by Crippen LogP contribution is 2.18. The molecule has 1 aromatic rings. The molecule has 0 bridgehead atoms. The average Bonchev–Trinajstić information content (AvgIpc) is 2.10. The summed E-state index contributed by atoms with van der Waals surface area (Å²) in [5.41, 5.74) is 2.17. The zero-order valence-corrected chi connectivity index (χ0v) is 7.63. The third-order valence-corrected chi connectivity index (χ3v) is 1.89. The van der Waals surface area contributed by atoms with Crippen molar-refractivity contribution >= 4 is 5.57 Å². The Labute approximate surface area is 77.1 Å². The third kappa shape index (κ3) is 1.94. The van der Waals surface area contributed by atoms with E-state index in [2.05, 4.69) is 6.07 Å². The van der Waals surface area contributed by atoms with Crippen molar-refractivity contribution < 1.29 is 4.39 Å². The van der Waals surface area contributed by atoms with Crippen molar-refractivity contribution in [1.82, 2.24) is 0 Å². The predicted molar refractivity (Wildman–Crippen MR) is 50.4 cm³/mol. The lowest BCUT2D eigenvalue weighted by Gasteiger charge is -2.02. The fourth-order valence-electron chi connectivity index (χ4n) is 1.21. The lowest BCUT2D eigenvalue weighted by atomic mass is 10.0. The Bertz CT molecular complexity index is 386. The summed E-state index contributed by atoms with van der Waals surface area (Å²) in [7, 11) is 0. The summed E-state index contributed by atoms with van der Waals surface area (Å²) >= 11 is 0. The van der Waals surface area contributed by atoms with Crippen molar-refractivity contribution in [3.8, 4) is 6.07 Å². The van der Waals surface area contributed by atoms with Crippen LogP contribution in [-0.2, 0) is 0 Å². The first-order chi connectivity index (χ1) is 6.19. The van der Waals surface area contributed by atoms with Crippen molar-refractivity contribution in [1.29, 1.82) is 5.26 Å². The molecule has 0 aliphatic carbocycles. The molecule has 0 atom stereocenters. The Morgan fingerprint density at radius 1 is 1.54 bits per heavy atom. The van der Waals surface area contributed by atoms with Crippen LogP contribution < -0.4 is 0 Å². The van der Waals surface area contributed by atoms with E-state index in [1.165, 1.54) is 12.1 Å². The number of benzene rings is 1. The largest absolute Gasteiger partial charge is 0.207 e. The van der Waals surface area contributed by atoms with E-state index in [1.54, 1.807) is 26.0 Å². The minimum absolute atomic E-state index is 0.269. The molecule has 0 aliphatic rings. The van der Waals surface area contributed by atoms with Gasteiger partial charge in [-0.05, 0) is 37.1 Å². The number of allylic oxidation sites excluding steroid dienone is 2. The van der Waals surface area contributed by atoms with Crippen LogP contribution in [0.2, 0.25) is 0 Å². The molecule has 0 saturated carbocycles. The van der Waals surface area contributed by atoms with Gasteiger partial charge in [-0.1, -0.05) is 12.1 Å². The molecule has 2 heteroatoms. The van der Waals surface area contributed by atoms with Gasteiger partial charge < -0.3 is 0 Å². The minimum atomic E-state index is -0.269. The second kappa shape index (κ2) is 3.86. The van der Waals surface area contributed by atoms with Crippen LogP contribution in [0.15, 0.2) is 24.3 Å². The Hall–Kier alpha value is -1.62. The summed E-state index contributed by atoms with van der Waals surface area (Å²) < 4.78 is 12.7. The number of hydrogen-bond acceptors (Lipinski definition) is 1. The summed E-state index contributed by atoms with van der Waals surface area (Å²) in [6, 6.07) is 6.49. The van der Waals surface area contributed by atoms with Crippen LogP contribution in [0.25, 0.3) is 5.57 Å². The molecule has 0 radical (unpaired) electrons. The lowest BCUT2D eigenvalue weighted by molar-refractivity contribution is 0.626. The Morgan fingerprint density at radius 2 is 2.23 bits per heavy atom. The summed E-state index contributed by atoms with van der Waals surface area (Å²) in [5, 5.41) is 8.76. The smallest absolute Gasteiger partial charge is 0.123 e. The van der Waals surface area contributed by atoms with Gasteiger partial charge in [-0.25, -0.2) is 4.39 Å². The van der Waals surface area contributed by atoms with Crippen LogP contribution in [0.4, 0.5) is 4.39 Å². The van der Waals surface area contributed by atoms with E-state index in [1.807, 2.05) is 0 Å². The van der Waals surface area contributed by atoms with E-state index in [0.29, 0.717) is 5.57 Å². The quantitative estimate of drug-likeness (QED) is 0.602. The van der Waals surface area contributed by atoms with Crippen molar-refractivity contribution in [3.05, 3.63) is 41.2 Å². The topological polar surface area (TPSA) is 23.8 Å². The maximum Gasteiger partial charge on any atom is 0.123 e. The third-order valence-electron chi connectivity index (χ3n) is 1.89. The standard InChI is InChI=1S/C11H10FN/c1-3-9(7-13)11-5-4-10(12)6-8(11)2/h3-6H,1-2H3/b9-3-. The zero-order valence-electron chi connectivity index (χ0n) is 7.63. The molecule has 13 heavy (non-hydrogen) atoms. The molecule has 0 unspecified atom stereocenters. The first-order valence-electron chi connectivity index (χ1n) is 4.02. The molecule has 0 N–H and O–H groups in total. The van der Waals surface area contributed by atoms with Gasteiger partial charge in [0.15, 0.2) is 0 Å². The Morgan fingerprint density at radius 3 is 2.69 bits per heavy atom. The van der Waals surface area contributed by atoms with E-state index in [9.17, 15) is 4.39 Å². The highest BCUT2D eigenvalue weighted by Gasteiger charge is 2.03. The van der Waals surface area contributed by atoms with Crippen LogP contribution >= 0.6 is 0 Å². The second-order valence-corrected chi connectivity index (χ2v) is 2.77. The van der Waals surface area contributed by atoms with Crippen LogP contribution in [-0.4, -0.2) is 0 Å². The highest BCUT2D eigenvalue weighted by atomic mass is 19.1. The maximum absolute atomic E-state index is 12.7. The van der Waals surface area contributed by atoms with E-state index < -0.39 is 0 Å². The number of hydrogen-bond donors (Lipinski definition) is 0. The van der Waals surface area contributed by atoms with Crippen molar-refractivity contribution in [2.45, 2.75) is 13.8 Å². The van der Waals surface area contributed by atoms with Gasteiger partial charge >= 0.3 is 0 Å². The van der Waals surface area contributed by atoms with Crippen molar-refractivity contribution in [2.24, 2.45) is 0 Å². The number of halogens is 1. The summed E-state index contributed by atoms with van der Waals surface area (Å²) in [4.78, 5) is 0. The van der Waals surface area contributed by atoms with Gasteiger partial charge in [0.05, 0.1) is 11.6 Å². The first-order valence-corrected chi connectivity index (χ1v) is 4.02. The summed E-state index contributed by atoms with van der Waals surface area (Å²) in [6.45, 7) is 3.58. The van der Waals surface area contributed by atoms with Gasteiger partial charge in [-0.15, -0.1) is 0 Å². The van der Waals surface area contributed by atoms with Crippen LogP contribution in [0.5, 0.6) is 0 Å². The van der Waals surface area contributed by atoms with Gasteiger partial charge in [0, 0.05) is 0 Å². The fourth-order valence-corrected chi connectivity index (χ4v) is 1.21. The SMILES string of the molecule is C/C=C(/C#N)c1ccc(F)cc1C. The van der Waals surface area contributed by atoms with Gasteiger partial charge in [0.2, 0.25) is 0 Å². The van der Waals surface area contributed by atoms with Crippen molar-refractivity contribution in [2.75, 3.05) is 0 Å². The van der Waals surface area contributed by atoms with E-state index in [0.717, 1.165) is 11.1 Å². The van der Waals surface area contributed by atoms with Gasteiger partial charge in [0.1, 0.15) is 5.82 Å². The zero-order chi connectivity index (χ0) is 9.84. The molecular weight excluding hydrogens is 165 g/mol. The van der Waals surface area contributed by atoms with Gasteiger partial charge in [-0.2, -0.15) is 5.26 Å². The Balaban J connectivity index is 3.25. The van der Waals surface area contributed by atoms with Crippen LogP contribution in [0.1, 0.15) is 18.1 Å². The van der Waals surface area contributed by atoms with E-state index in [4.69, 9.17) is 5.26 Å². The van der Waals surface area contributed by atoms with Crippen molar-refractivity contribution in [3.63, 3.8) is 0 Å². The molecule has 0 heterocycles. The second-order valence-electron chi connectivity index (χ2n) is 2.77. The predicted octanol–water partition coefficient (Wildman–Crippen LogP) is 3.06. The number of nitriles is 1. The minimum Gasteiger partial charge on any atom is -0.207 e. The first kappa shape index (κ1) is 9.47. The summed E-state index contributed by atoms with van der Waals surface area (Å²) in [6.07, 6.45) is 1.72. The number of nitrogens with zero attached hydrogens (tertiary/aromatic N) is 1. The highest BCUT2D eigenvalue weighted by molar-refractivity contribution is 5.78. The molecule has 0 fully saturated rings. The lowest BCUT2D eigenvalue weighted by Crippen LogP contribution is -1.87. The molecule has 0 spiro atoms. The molecule has 66 valence electrons. The molecular formula is C11H10FN. The normalized spacial score (nSPS) is 11.1. The number of rotatable bonds is 1. The molecule has 1 aromatic carbocycles.